The Morgan fingerprint density at radius 2 is 1.95 bits per heavy atom. The molecule has 0 N–H and O–H groups in total. The zero-order chi connectivity index (χ0) is 15.6. The van der Waals surface area contributed by atoms with Crippen molar-refractivity contribution in [1.82, 2.24) is 20.0 Å². The molecular formula is C16H25N5. The summed E-state index contributed by atoms with van der Waals surface area (Å²) < 4.78 is 0. The van der Waals surface area contributed by atoms with E-state index >= 15 is 0 Å². The van der Waals surface area contributed by atoms with Crippen LogP contribution in [0.3, 0.4) is 0 Å². The molecule has 2 aromatic heterocycles. The van der Waals surface area contributed by atoms with Gasteiger partial charge >= 0.3 is 0 Å². The van der Waals surface area contributed by atoms with Crippen LogP contribution in [0.15, 0.2) is 12.3 Å². The summed E-state index contributed by atoms with van der Waals surface area (Å²) in [5.74, 6) is 0.403. The highest BCUT2D eigenvalue weighted by atomic mass is 15.5. The molecule has 3 rings (SSSR count). The summed E-state index contributed by atoms with van der Waals surface area (Å²) in [4.78, 5) is 8.54. The van der Waals surface area contributed by atoms with Crippen molar-refractivity contribution in [3.05, 3.63) is 23.7 Å². The third-order valence-electron chi connectivity index (χ3n) is 3.53. The Hall–Kier alpha value is -1.91. The van der Waals surface area contributed by atoms with Gasteiger partial charge in [0.05, 0.1) is 24.5 Å². The van der Waals surface area contributed by atoms with Crippen LogP contribution in [0, 0.1) is 0 Å². The number of fused-ring (bicyclic) bond motifs is 3. The molecule has 0 atom stereocenters. The Bertz CT molecular complexity index is 615. The topological polar surface area (TPSA) is 46.8 Å². The van der Waals surface area contributed by atoms with Crippen molar-refractivity contribution in [3.8, 4) is 11.3 Å². The van der Waals surface area contributed by atoms with Gasteiger partial charge in [0, 0.05) is 18.8 Å². The van der Waals surface area contributed by atoms with Gasteiger partial charge in [-0.1, -0.05) is 27.7 Å². The van der Waals surface area contributed by atoms with E-state index < -0.39 is 0 Å². The molecule has 1 aliphatic heterocycles. The molecule has 5 heteroatoms. The number of anilines is 1. The Labute approximate surface area is 127 Å². The monoisotopic (exact) mass is 287 g/mol. The van der Waals surface area contributed by atoms with Crippen molar-refractivity contribution in [1.29, 1.82) is 0 Å². The summed E-state index contributed by atoms with van der Waals surface area (Å²) in [6.45, 7) is 12.0. The largest absolute Gasteiger partial charge is 0.366 e. The lowest BCUT2D eigenvalue weighted by atomic mass is 9.98. The molecule has 3 heterocycles. The van der Waals surface area contributed by atoms with Crippen LogP contribution in [-0.4, -0.2) is 27.0 Å². The summed E-state index contributed by atoms with van der Waals surface area (Å²) >= 11 is 0. The van der Waals surface area contributed by atoms with Crippen LogP contribution in [0.25, 0.3) is 11.3 Å². The molecule has 0 unspecified atom stereocenters. The van der Waals surface area contributed by atoms with Gasteiger partial charge < -0.3 is 4.90 Å². The molecule has 0 amide bonds. The molecule has 21 heavy (non-hydrogen) atoms. The predicted octanol–water partition coefficient (Wildman–Crippen LogP) is 3.46. The van der Waals surface area contributed by atoms with Crippen LogP contribution >= 0.6 is 0 Å². The summed E-state index contributed by atoms with van der Waals surface area (Å²) in [7, 11) is 2.10. The van der Waals surface area contributed by atoms with Gasteiger partial charge in [-0.2, -0.15) is 15.0 Å². The lowest BCUT2D eigenvalue weighted by Crippen LogP contribution is -2.24. The number of aryl methyl sites for hydroxylation is 1. The van der Waals surface area contributed by atoms with E-state index in [0.29, 0.717) is 5.92 Å². The zero-order valence-corrected chi connectivity index (χ0v) is 13.9. The molecule has 0 radical (unpaired) electrons. The van der Waals surface area contributed by atoms with Crippen molar-refractivity contribution in [2.45, 2.75) is 53.6 Å². The molecule has 0 bridgehead atoms. The molecule has 0 aliphatic carbocycles. The number of hydrogen-bond acceptors (Lipinski definition) is 4. The first-order valence-corrected chi connectivity index (χ1v) is 7.76. The number of hydrogen-bond donors (Lipinski definition) is 0. The quantitative estimate of drug-likeness (QED) is 0.848. The second-order valence-corrected chi connectivity index (χ2v) is 5.29. The molecule has 0 spiro atoms. The molecule has 5 nitrogen and oxygen atoms in total. The lowest BCUT2D eigenvalue weighted by molar-refractivity contribution is 0.565. The fourth-order valence-electron chi connectivity index (χ4n) is 2.63. The average molecular weight is 287 g/mol. The van der Waals surface area contributed by atoms with Crippen LogP contribution in [0.4, 0.5) is 5.69 Å². The van der Waals surface area contributed by atoms with Gasteiger partial charge in [0.2, 0.25) is 0 Å². The highest BCUT2D eigenvalue weighted by Gasteiger charge is 2.27. The number of pyridine rings is 1. The van der Waals surface area contributed by atoms with Gasteiger partial charge in [-0.3, -0.25) is 4.98 Å². The molecule has 0 saturated heterocycles. The van der Waals surface area contributed by atoms with Crippen LogP contribution in [0.2, 0.25) is 0 Å². The van der Waals surface area contributed by atoms with Gasteiger partial charge in [0.1, 0.15) is 11.4 Å². The van der Waals surface area contributed by atoms with E-state index in [0.717, 1.165) is 35.7 Å². The van der Waals surface area contributed by atoms with Crippen molar-refractivity contribution < 1.29 is 0 Å². The highest BCUT2D eigenvalue weighted by Crippen LogP contribution is 2.40. The fourth-order valence-corrected chi connectivity index (χ4v) is 2.63. The summed E-state index contributed by atoms with van der Waals surface area (Å²) in [6, 6.07) is 2.05. The molecule has 1 aliphatic rings. The Balaban J connectivity index is 0.000000774. The van der Waals surface area contributed by atoms with Crippen molar-refractivity contribution in [2.75, 3.05) is 11.9 Å². The third kappa shape index (κ3) is 2.64. The van der Waals surface area contributed by atoms with Gasteiger partial charge in [0.25, 0.3) is 0 Å². The lowest BCUT2D eigenvalue weighted by Gasteiger charge is -2.28. The van der Waals surface area contributed by atoms with Crippen LogP contribution < -0.4 is 4.90 Å². The third-order valence-corrected chi connectivity index (χ3v) is 3.53. The van der Waals surface area contributed by atoms with Gasteiger partial charge in [-0.25, -0.2) is 0 Å². The van der Waals surface area contributed by atoms with Gasteiger partial charge in [-0.15, -0.1) is 0 Å². The maximum Gasteiger partial charge on any atom is 0.120 e. The first kappa shape index (κ1) is 15.5. The molecule has 0 saturated carbocycles. The van der Waals surface area contributed by atoms with Crippen LogP contribution in [0.5, 0.6) is 0 Å². The predicted molar refractivity (Wildman–Crippen MR) is 86.5 cm³/mol. The summed E-state index contributed by atoms with van der Waals surface area (Å²) in [6.07, 6.45) is 1.88. The van der Waals surface area contributed by atoms with Gasteiger partial charge in [0.15, 0.2) is 0 Å². The second kappa shape index (κ2) is 6.24. The van der Waals surface area contributed by atoms with E-state index in [1.807, 2.05) is 26.1 Å². The van der Waals surface area contributed by atoms with Crippen LogP contribution in [-0.2, 0) is 13.1 Å². The zero-order valence-electron chi connectivity index (χ0n) is 13.9. The number of rotatable bonds is 2. The minimum atomic E-state index is 0.403. The minimum Gasteiger partial charge on any atom is -0.366 e. The van der Waals surface area contributed by atoms with E-state index in [2.05, 4.69) is 47.9 Å². The first-order chi connectivity index (χ1) is 10.1. The minimum absolute atomic E-state index is 0.403. The van der Waals surface area contributed by atoms with Crippen LogP contribution in [0.1, 0.15) is 51.9 Å². The van der Waals surface area contributed by atoms with E-state index in [-0.39, 0.29) is 0 Å². The Morgan fingerprint density at radius 1 is 1.24 bits per heavy atom. The standard InChI is InChI=1S/C14H19N5.C2H6/c1-5-19-16-11-8-18(4)14-10(13(11)17-19)6-7-15-12(14)9(2)3;1-2/h6-7,9H,5,8H2,1-4H3;1-2H3. The molecular weight excluding hydrogens is 262 g/mol. The van der Waals surface area contributed by atoms with E-state index in [9.17, 15) is 0 Å². The second-order valence-electron chi connectivity index (χ2n) is 5.29. The average Bonchev–Trinajstić information content (AvgIpc) is 2.92. The number of aromatic nitrogens is 4. The summed E-state index contributed by atoms with van der Waals surface area (Å²) in [5.41, 5.74) is 5.56. The molecule has 0 fully saturated rings. The Kier molecular flexibility index (Phi) is 4.60. The highest BCUT2D eigenvalue weighted by molar-refractivity contribution is 5.81. The van der Waals surface area contributed by atoms with E-state index in [1.165, 1.54) is 5.69 Å². The molecule has 0 aromatic carbocycles. The number of nitrogens with zero attached hydrogens (tertiary/aromatic N) is 5. The smallest absolute Gasteiger partial charge is 0.120 e. The molecule has 2 aromatic rings. The maximum absolute atomic E-state index is 4.60. The molecule has 114 valence electrons. The van der Waals surface area contributed by atoms with Gasteiger partial charge in [-0.05, 0) is 18.9 Å². The maximum atomic E-state index is 4.60. The SMILES string of the molecule is CC.CCn1nc2c(n1)-c1ccnc(C(C)C)c1N(C)C2. The first-order valence-electron chi connectivity index (χ1n) is 7.76. The van der Waals surface area contributed by atoms with E-state index in [4.69, 9.17) is 0 Å². The normalized spacial score (nSPS) is 12.6. The van der Waals surface area contributed by atoms with E-state index in [1.54, 1.807) is 4.80 Å². The van der Waals surface area contributed by atoms with Crippen molar-refractivity contribution >= 4 is 5.69 Å². The van der Waals surface area contributed by atoms with Crippen molar-refractivity contribution in [3.63, 3.8) is 0 Å². The Morgan fingerprint density at radius 3 is 2.57 bits per heavy atom. The summed E-state index contributed by atoms with van der Waals surface area (Å²) in [5, 5.41) is 9.13. The fraction of sp³-hybridized carbons (Fsp3) is 0.562. The van der Waals surface area contributed by atoms with Crippen molar-refractivity contribution in [2.24, 2.45) is 0 Å².